The Morgan fingerprint density at radius 3 is 2.62 bits per heavy atom. The molecule has 0 aliphatic carbocycles. The summed E-state index contributed by atoms with van der Waals surface area (Å²) < 4.78 is 5.35. The lowest BCUT2D eigenvalue weighted by Crippen LogP contribution is -2.37. The van der Waals surface area contributed by atoms with Crippen molar-refractivity contribution in [1.82, 2.24) is 10.2 Å². The number of nitrogens with one attached hydrogen (secondary N) is 1. The third-order valence-electron chi connectivity index (χ3n) is 5.25. The van der Waals surface area contributed by atoms with Gasteiger partial charge in [-0.1, -0.05) is 49.7 Å². The number of likely N-dealkylation sites (tertiary alicyclic amines) is 1. The molecule has 0 bridgehead atoms. The molecule has 29 heavy (non-hydrogen) atoms. The summed E-state index contributed by atoms with van der Waals surface area (Å²) in [6, 6.07) is 14.7. The van der Waals surface area contributed by atoms with Crippen LogP contribution in [0.15, 0.2) is 48.5 Å². The average molecular weight is 415 g/mol. The average Bonchev–Trinajstić information content (AvgIpc) is 3.17. The van der Waals surface area contributed by atoms with Gasteiger partial charge in [-0.3, -0.25) is 9.59 Å². The molecule has 2 amide bonds. The van der Waals surface area contributed by atoms with Gasteiger partial charge in [0.15, 0.2) is 0 Å². The van der Waals surface area contributed by atoms with Crippen molar-refractivity contribution in [1.29, 1.82) is 0 Å². The first-order valence-electron chi connectivity index (χ1n) is 9.86. The number of halogens is 1. The fourth-order valence-corrected chi connectivity index (χ4v) is 3.90. The van der Waals surface area contributed by atoms with E-state index in [1.54, 1.807) is 36.3 Å². The molecule has 154 valence electrons. The summed E-state index contributed by atoms with van der Waals surface area (Å²) in [4.78, 5) is 27.8. The van der Waals surface area contributed by atoms with E-state index in [1.807, 2.05) is 24.3 Å². The number of methoxy groups -OCH3 is 1. The fraction of sp³-hybridized carbons (Fsp3) is 0.391. The quantitative estimate of drug-likeness (QED) is 0.777. The molecule has 1 aliphatic rings. The minimum Gasteiger partial charge on any atom is -0.497 e. The Morgan fingerprint density at radius 2 is 1.93 bits per heavy atom. The van der Waals surface area contributed by atoms with E-state index in [-0.39, 0.29) is 23.7 Å². The largest absolute Gasteiger partial charge is 0.497 e. The number of amides is 2. The van der Waals surface area contributed by atoms with Crippen LogP contribution < -0.4 is 10.1 Å². The Hall–Kier alpha value is -2.53. The minimum absolute atomic E-state index is 0.0269. The van der Waals surface area contributed by atoms with Gasteiger partial charge in [0, 0.05) is 25.6 Å². The van der Waals surface area contributed by atoms with Gasteiger partial charge < -0.3 is 15.0 Å². The standard InChI is InChI=1S/C23H27ClN2O3/c1-15(2)12-25-22(27)20-14-26(23(28)18-9-4-5-10-21(18)24)13-19(20)16-7-6-8-17(11-16)29-3/h4-11,15,19-20H,12-14H2,1-3H3,(H,25,27). The van der Waals surface area contributed by atoms with Gasteiger partial charge >= 0.3 is 0 Å². The molecule has 0 radical (unpaired) electrons. The van der Waals surface area contributed by atoms with Crippen LogP contribution in [0.1, 0.15) is 35.7 Å². The highest BCUT2D eigenvalue weighted by molar-refractivity contribution is 6.33. The predicted octanol–water partition coefficient (Wildman–Crippen LogP) is 3.98. The SMILES string of the molecule is COc1cccc(C2CN(C(=O)c3ccccc3Cl)CC2C(=O)NCC(C)C)c1. The first kappa shape index (κ1) is 21.2. The van der Waals surface area contributed by atoms with Crippen LogP contribution in [-0.2, 0) is 4.79 Å². The molecule has 1 aliphatic heterocycles. The lowest BCUT2D eigenvalue weighted by atomic mass is 9.88. The molecular formula is C23H27ClN2O3. The monoisotopic (exact) mass is 414 g/mol. The zero-order chi connectivity index (χ0) is 21.0. The molecule has 1 saturated heterocycles. The minimum atomic E-state index is -0.327. The van der Waals surface area contributed by atoms with E-state index in [4.69, 9.17) is 16.3 Å². The van der Waals surface area contributed by atoms with E-state index in [9.17, 15) is 9.59 Å². The lowest BCUT2D eigenvalue weighted by Gasteiger charge is -2.19. The number of carbonyl (C=O) groups is 2. The van der Waals surface area contributed by atoms with Crippen LogP contribution >= 0.6 is 11.6 Å². The van der Waals surface area contributed by atoms with Gasteiger partial charge in [0.25, 0.3) is 5.91 Å². The van der Waals surface area contributed by atoms with Gasteiger partial charge in [-0.2, -0.15) is 0 Å². The number of nitrogens with zero attached hydrogens (tertiary/aromatic N) is 1. The van der Waals surface area contributed by atoms with Crippen molar-refractivity contribution in [2.45, 2.75) is 19.8 Å². The molecular weight excluding hydrogens is 388 g/mol. The molecule has 2 atom stereocenters. The van der Waals surface area contributed by atoms with Gasteiger partial charge in [0.2, 0.25) is 5.91 Å². The Balaban J connectivity index is 1.88. The third kappa shape index (κ3) is 4.91. The van der Waals surface area contributed by atoms with E-state index >= 15 is 0 Å². The Kier molecular flexibility index (Phi) is 6.80. The normalized spacial score (nSPS) is 18.7. The molecule has 0 saturated carbocycles. The molecule has 2 unspecified atom stereocenters. The molecule has 0 spiro atoms. The second-order valence-corrected chi connectivity index (χ2v) is 8.23. The van der Waals surface area contributed by atoms with Crippen molar-refractivity contribution in [3.8, 4) is 5.75 Å². The summed E-state index contributed by atoms with van der Waals surface area (Å²) >= 11 is 6.23. The van der Waals surface area contributed by atoms with Gasteiger partial charge in [0.05, 0.1) is 23.6 Å². The van der Waals surface area contributed by atoms with Crippen molar-refractivity contribution < 1.29 is 14.3 Å². The second kappa shape index (κ2) is 9.31. The van der Waals surface area contributed by atoms with E-state index in [0.29, 0.717) is 36.1 Å². The number of hydrogen-bond donors (Lipinski definition) is 1. The second-order valence-electron chi connectivity index (χ2n) is 7.82. The van der Waals surface area contributed by atoms with Crippen molar-refractivity contribution in [2.24, 2.45) is 11.8 Å². The molecule has 6 heteroatoms. The van der Waals surface area contributed by atoms with Crippen molar-refractivity contribution in [3.63, 3.8) is 0 Å². The van der Waals surface area contributed by atoms with E-state index in [0.717, 1.165) is 11.3 Å². The number of ether oxygens (including phenoxy) is 1. The lowest BCUT2D eigenvalue weighted by molar-refractivity contribution is -0.125. The van der Waals surface area contributed by atoms with Gasteiger partial charge in [-0.15, -0.1) is 0 Å². The van der Waals surface area contributed by atoms with Gasteiger partial charge in [0.1, 0.15) is 5.75 Å². The first-order valence-corrected chi connectivity index (χ1v) is 10.2. The number of carbonyl (C=O) groups excluding carboxylic acids is 2. The highest BCUT2D eigenvalue weighted by Gasteiger charge is 2.41. The van der Waals surface area contributed by atoms with Crippen LogP contribution in [0.4, 0.5) is 0 Å². The highest BCUT2D eigenvalue weighted by atomic mass is 35.5. The van der Waals surface area contributed by atoms with Gasteiger partial charge in [-0.25, -0.2) is 0 Å². The van der Waals surface area contributed by atoms with E-state index < -0.39 is 0 Å². The molecule has 1 heterocycles. The molecule has 3 rings (SSSR count). The maximum atomic E-state index is 13.1. The molecule has 0 aromatic heterocycles. The van der Waals surface area contributed by atoms with Crippen LogP contribution in [0.3, 0.4) is 0 Å². The zero-order valence-corrected chi connectivity index (χ0v) is 17.8. The van der Waals surface area contributed by atoms with E-state index in [1.165, 1.54) is 0 Å². The highest BCUT2D eigenvalue weighted by Crippen LogP contribution is 2.35. The number of benzene rings is 2. The van der Waals surface area contributed by atoms with Crippen molar-refractivity contribution in [3.05, 3.63) is 64.7 Å². The fourth-order valence-electron chi connectivity index (χ4n) is 3.69. The predicted molar refractivity (Wildman–Crippen MR) is 114 cm³/mol. The van der Waals surface area contributed by atoms with E-state index in [2.05, 4.69) is 19.2 Å². The van der Waals surface area contributed by atoms with Crippen LogP contribution in [0.25, 0.3) is 0 Å². The Labute approximate surface area is 177 Å². The summed E-state index contributed by atoms with van der Waals surface area (Å²) in [5.74, 6) is 0.482. The molecule has 5 nitrogen and oxygen atoms in total. The Bertz CT molecular complexity index is 884. The summed E-state index contributed by atoms with van der Waals surface area (Å²) in [6.07, 6.45) is 0. The summed E-state index contributed by atoms with van der Waals surface area (Å²) in [6.45, 7) is 5.54. The van der Waals surface area contributed by atoms with Crippen molar-refractivity contribution >= 4 is 23.4 Å². The van der Waals surface area contributed by atoms with Crippen LogP contribution in [0.5, 0.6) is 5.75 Å². The summed E-state index contributed by atoms with van der Waals surface area (Å²) in [7, 11) is 1.62. The Morgan fingerprint density at radius 1 is 1.17 bits per heavy atom. The number of rotatable bonds is 6. The maximum absolute atomic E-state index is 13.1. The molecule has 1 fully saturated rings. The zero-order valence-electron chi connectivity index (χ0n) is 17.0. The maximum Gasteiger partial charge on any atom is 0.255 e. The molecule has 2 aromatic rings. The van der Waals surface area contributed by atoms with Crippen LogP contribution in [0.2, 0.25) is 5.02 Å². The molecule has 2 aromatic carbocycles. The summed E-state index contributed by atoms with van der Waals surface area (Å²) in [5, 5.41) is 3.45. The van der Waals surface area contributed by atoms with Crippen molar-refractivity contribution in [2.75, 3.05) is 26.7 Å². The third-order valence-corrected chi connectivity index (χ3v) is 5.58. The van der Waals surface area contributed by atoms with Crippen LogP contribution in [0, 0.1) is 11.8 Å². The van der Waals surface area contributed by atoms with Crippen LogP contribution in [-0.4, -0.2) is 43.5 Å². The smallest absolute Gasteiger partial charge is 0.255 e. The summed E-state index contributed by atoms with van der Waals surface area (Å²) in [5.41, 5.74) is 1.45. The first-order chi connectivity index (χ1) is 13.9. The molecule has 1 N–H and O–H groups in total. The number of hydrogen-bond acceptors (Lipinski definition) is 3. The van der Waals surface area contributed by atoms with Gasteiger partial charge in [-0.05, 0) is 35.7 Å². The topological polar surface area (TPSA) is 58.6 Å².